The highest BCUT2D eigenvalue weighted by molar-refractivity contribution is 5.89. The second-order valence-corrected chi connectivity index (χ2v) is 15.3. The monoisotopic (exact) mass is 681 g/mol. The molecule has 3 atom stereocenters. The van der Waals surface area contributed by atoms with Gasteiger partial charge >= 0.3 is 6.03 Å². The fourth-order valence-corrected chi connectivity index (χ4v) is 9.69. The van der Waals surface area contributed by atoms with E-state index in [0.29, 0.717) is 6.42 Å². The highest BCUT2D eigenvalue weighted by Crippen LogP contribution is 2.55. The van der Waals surface area contributed by atoms with E-state index in [0.717, 1.165) is 97.8 Å². The zero-order valence-electron chi connectivity index (χ0n) is 28.4. The Morgan fingerprint density at radius 1 is 0.820 bits per heavy atom. The summed E-state index contributed by atoms with van der Waals surface area (Å²) in [6, 6.07) is 22.4. The third-order valence-electron chi connectivity index (χ3n) is 11.7. The zero-order valence-corrected chi connectivity index (χ0v) is 28.4. The van der Waals surface area contributed by atoms with Crippen molar-refractivity contribution in [2.45, 2.75) is 75.6 Å². The number of urea groups is 1. The van der Waals surface area contributed by atoms with Crippen LogP contribution in [0.5, 0.6) is 0 Å². The number of amides is 2. The summed E-state index contributed by atoms with van der Waals surface area (Å²) < 4.78 is 13.2. The minimum Gasteiger partial charge on any atom is -0.392 e. The second-order valence-electron chi connectivity index (χ2n) is 15.3. The number of nitrogens with one attached hydrogen (secondary N) is 2. The van der Waals surface area contributed by atoms with E-state index in [1.54, 1.807) is 12.1 Å². The number of hydrogen-bond acceptors (Lipinski definition) is 8. The number of ether oxygens (including phenoxy) is 2. The quantitative estimate of drug-likeness (QED) is 0.172. The van der Waals surface area contributed by atoms with Crippen LogP contribution in [0, 0.1) is 27.9 Å². The molecule has 3 N–H and O–H groups in total. The number of nitro groups is 1. The van der Waals surface area contributed by atoms with E-state index in [1.165, 1.54) is 19.3 Å². The van der Waals surface area contributed by atoms with Gasteiger partial charge in [-0.25, -0.2) is 4.79 Å². The fourth-order valence-electron chi connectivity index (χ4n) is 9.69. The summed E-state index contributed by atoms with van der Waals surface area (Å²) in [5.41, 5.74) is 4.58. The molecule has 11 nitrogen and oxygen atoms in total. The molecule has 4 saturated carbocycles. The Kier molecular flexibility index (Phi) is 9.24. The van der Waals surface area contributed by atoms with E-state index in [9.17, 15) is 20.0 Å². The van der Waals surface area contributed by atoms with Crippen molar-refractivity contribution in [1.29, 1.82) is 0 Å². The first kappa shape index (κ1) is 33.1. The molecule has 3 aromatic rings. The highest BCUT2D eigenvalue weighted by Gasteiger charge is 2.51. The van der Waals surface area contributed by atoms with Gasteiger partial charge in [-0.1, -0.05) is 36.4 Å². The molecule has 0 spiro atoms. The minimum absolute atomic E-state index is 0.00698. The number of nitrogens with zero attached hydrogens (tertiary/aromatic N) is 3. The summed E-state index contributed by atoms with van der Waals surface area (Å²) in [7, 11) is 0. The number of rotatable bonds is 9. The molecule has 2 aliphatic heterocycles. The van der Waals surface area contributed by atoms with Crippen LogP contribution >= 0.6 is 0 Å². The van der Waals surface area contributed by atoms with Crippen LogP contribution in [0.3, 0.4) is 0 Å². The molecule has 3 aromatic carbocycles. The summed E-state index contributed by atoms with van der Waals surface area (Å²) in [6.45, 7) is 4.09. The number of aliphatic hydroxyl groups excluding tert-OH is 1. The number of piperazine rings is 1. The van der Waals surface area contributed by atoms with Gasteiger partial charge < -0.3 is 30.1 Å². The van der Waals surface area contributed by atoms with Crippen LogP contribution in [-0.2, 0) is 16.1 Å². The fraction of sp³-hybridized carbons (Fsp3) is 0.513. The molecule has 11 heteroatoms. The number of nitro benzene ring substituents is 1. The molecule has 2 amide bonds. The average Bonchev–Trinajstić information content (AvgIpc) is 3.11. The molecule has 50 heavy (non-hydrogen) atoms. The van der Waals surface area contributed by atoms with Crippen LogP contribution in [0.25, 0.3) is 0 Å². The zero-order chi connectivity index (χ0) is 34.2. The van der Waals surface area contributed by atoms with Gasteiger partial charge in [-0.2, -0.15) is 0 Å². The van der Waals surface area contributed by atoms with Crippen LogP contribution in [-0.4, -0.2) is 65.3 Å². The third kappa shape index (κ3) is 7.23. The maximum atomic E-state index is 13.2. The van der Waals surface area contributed by atoms with Crippen molar-refractivity contribution in [3.05, 3.63) is 99.6 Å². The lowest BCUT2D eigenvalue weighted by atomic mass is 9.53. The van der Waals surface area contributed by atoms with Crippen LogP contribution in [0.2, 0.25) is 0 Å². The second kappa shape index (κ2) is 13.9. The van der Waals surface area contributed by atoms with Gasteiger partial charge in [0.1, 0.15) is 0 Å². The predicted octanol–water partition coefficient (Wildman–Crippen LogP) is 6.55. The van der Waals surface area contributed by atoms with Gasteiger partial charge in [-0.3, -0.25) is 15.0 Å². The lowest BCUT2D eigenvalue weighted by molar-refractivity contribution is -0.384. The first-order valence-corrected chi connectivity index (χ1v) is 18.2. The third-order valence-corrected chi connectivity index (χ3v) is 11.7. The molecule has 2 heterocycles. The lowest BCUT2D eigenvalue weighted by Crippen LogP contribution is -2.60. The molecule has 4 aliphatic carbocycles. The molecule has 9 rings (SSSR count). The number of anilines is 2. The number of non-ortho nitro benzene ring substituents is 1. The summed E-state index contributed by atoms with van der Waals surface area (Å²) in [4.78, 5) is 28.6. The van der Waals surface area contributed by atoms with Crippen LogP contribution < -0.4 is 15.5 Å². The van der Waals surface area contributed by atoms with E-state index >= 15 is 0 Å². The Hall–Kier alpha value is -4.03. The SMILES string of the molecule is O=C(Nc1ccc([C@@H]2O[C@H](CN3CCN(c4ccc([N+](=O)[O-])cc4)CC3)C[C@H](c3ccc(CO)cc3)O2)cc1)NC12CC3CC(CC(C3)C1)C2. The van der Waals surface area contributed by atoms with E-state index in [1.807, 2.05) is 60.7 Å². The molecule has 0 unspecified atom stereocenters. The van der Waals surface area contributed by atoms with Gasteiger partial charge in [0.05, 0.1) is 23.7 Å². The molecular weight excluding hydrogens is 634 g/mol. The summed E-state index contributed by atoms with van der Waals surface area (Å²) in [6.07, 6.45) is 7.22. The maximum absolute atomic E-state index is 13.2. The Morgan fingerprint density at radius 3 is 2.04 bits per heavy atom. The molecule has 0 aromatic heterocycles. The average molecular weight is 682 g/mol. The van der Waals surface area contributed by atoms with E-state index in [-0.39, 0.29) is 41.0 Å². The Labute approximate surface area is 293 Å². The van der Waals surface area contributed by atoms with Gasteiger partial charge in [0, 0.05) is 73.8 Å². The number of carbonyl (C=O) groups excluding carboxylic acids is 1. The number of carbonyl (C=O) groups is 1. The van der Waals surface area contributed by atoms with Crippen LogP contribution in [0.15, 0.2) is 72.8 Å². The van der Waals surface area contributed by atoms with Crippen molar-refractivity contribution in [2.75, 3.05) is 42.9 Å². The normalized spacial score (nSPS) is 30.6. The first-order chi connectivity index (χ1) is 24.3. The Morgan fingerprint density at radius 2 is 1.44 bits per heavy atom. The van der Waals surface area contributed by atoms with Gasteiger partial charge in [0.25, 0.3) is 5.69 Å². The molecule has 6 fully saturated rings. The topological polar surface area (TPSA) is 129 Å². The Bertz CT molecular complexity index is 1620. The van der Waals surface area contributed by atoms with Crippen molar-refractivity contribution in [3.8, 4) is 0 Å². The van der Waals surface area contributed by atoms with E-state index in [2.05, 4.69) is 20.4 Å². The van der Waals surface area contributed by atoms with Gasteiger partial charge in [-0.15, -0.1) is 0 Å². The van der Waals surface area contributed by atoms with E-state index < -0.39 is 6.29 Å². The van der Waals surface area contributed by atoms with Gasteiger partial charge in [0.15, 0.2) is 6.29 Å². The molecule has 0 radical (unpaired) electrons. The van der Waals surface area contributed by atoms with Crippen molar-refractivity contribution in [3.63, 3.8) is 0 Å². The molecule has 6 aliphatic rings. The van der Waals surface area contributed by atoms with Gasteiger partial charge in [-0.05, 0) is 91.7 Å². The van der Waals surface area contributed by atoms with Crippen LogP contribution in [0.4, 0.5) is 21.9 Å². The van der Waals surface area contributed by atoms with Crippen molar-refractivity contribution >= 4 is 23.1 Å². The lowest BCUT2D eigenvalue weighted by Gasteiger charge is -2.56. The number of benzene rings is 3. The summed E-state index contributed by atoms with van der Waals surface area (Å²) >= 11 is 0. The smallest absolute Gasteiger partial charge is 0.319 e. The summed E-state index contributed by atoms with van der Waals surface area (Å²) in [5, 5.41) is 27.1. The van der Waals surface area contributed by atoms with Crippen molar-refractivity contribution in [1.82, 2.24) is 10.2 Å². The molecular formula is C39H47N5O6. The minimum atomic E-state index is -0.576. The first-order valence-electron chi connectivity index (χ1n) is 18.2. The van der Waals surface area contributed by atoms with Crippen molar-refractivity contribution in [2.24, 2.45) is 17.8 Å². The number of aliphatic hydroxyl groups is 1. The molecule has 264 valence electrons. The molecule has 2 saturated heterocycles. The number of hydrogen-bond donors (Lipinski definition) is 3. The predicted molar refractivity (Wildman–Crippen MR) is 190 cm³/mol. The van der Waals surface area contributed by atoms with Crippen LogP contribution in [0.1, 0.15) is 74.0 Å². The Balaban J connectivity index is 0.910. The van der Waals surface area contributed by atoms with Gasteiger partial charge in [0.2, 0.25) is 0 Å². The van der Waals surface area contributed by atoms with Crippen molar-refractivity contribution < 1.29 is 24.3 Å². The summed E-state index contributed by atoms with van der Waals surface area (Å²) in [5.74, 6) is 2.30. The molecule has 4 bridgehead atoms. The maximum Gasteiger partial charge on any atom is 0.319 e. The van der Waals surface area contributed by atoms with E-state index in [4.69, 9.17) is 9.47 Å². The highest BCUT2D eigenvalue weighted by atomic mass is 16.7. The standard InChI is InChI=1S/C39H47N5O6/c45-25-26-1-3-30(4-2-26)36-20-35(24-42-13-15-43(16-14-42)33-9-11-34(12-10-33)44(47)48)49-37(50-36)31-5-7-32(8-6-31)40-38(46)41-39-21-27-17-28(22-39)19-29(18-27)23-39/h1-12,27-29,35-37,45H,13-25H2,(H2,40,41,46)/t27?,28?,29?,35-,36+,37+,39?/m0/s1. The largest absolute Gasteiger partial charge is 0.392 e.